The molecule has 1 N–H and O–H groups in total. The summed E-state index contributed by atoms with van der Waals surface area (Å²) in [6, 6.07) is 10.6. The molecule has 0 radical (unpaired) electrons. The Bertz CT molecular complexity index is 339. The van der Waals surface area contributed by atoms with E-state index in [0.717, 1.165) is 38.2 Å². The molecule has 1 aliphatic rings. The number of thioether (sulfide) groups is 1. The molecule has 3 nitrogen and oxygen atoms in total. The molecule has 1 saturated heterocycles. The number of benzene rings is 1. The zero-order chi connectivity index (χ0) is 13.3. The number of aliphatic hydroxyl groups is 1. The number of hydrogen-bond donors (Lipinski definition) is 1. The Balaban J connectivity index is 1.58. The van der Waals surface area contributed by atoms with Crippen LogP contribution in [0.4, 0.5) is 0 Å². The Morgan fingerprint density at radius 1 is 1.21 bits per heavy atom. The molecule has 106 valence electrons. The van der Waals surface area contributed by atoms with E-state index in [1.165, 1.54) is 4.90 Å². The van der Waals surface area contributed by atoms with Crippen molar-refractivity contribution in [2.24, 2.45) is 0 Å². The van der Waals surface area contributed by atoms with Gasteiger partial charge in [0.1, 0.15) is 0 Å². The molecule has 19 heavy (non-hydrogen) atoms. The molecular formula is C15H23NO2S. The smallest absolute Gasteiger partial charge is 0.0701 e. The van der Waals surface area contributed by atoms with Crippen molar-refractivity contribution in [3.05, 3.63) is 30.3 Å². The van der Waals surface area contributed by atoms with Crippen molar-refractivity contribution in [2.75, 3.05) is 38.6 Å². The van der Waals surface area contributed by atoms with Crippen LogP contribution in [-0.4, -0.2) is 54.7 Å². The lowest BCUT2D eigenvalue weighted by Gasteiger charge is -2.31. The molecule has 0 atom stereocenters. The van der Waals surface area contributed by atoms with Crippen molar-refractivity contribution in [1.82, 2.24) is 4.90 Å². The van der Waals surface area contributed by atoms with E-state index >= 15 is 0 Å². The first kappa shape index (κ1) is 14.9. The maximum absolute atomic E-state index is 8.74. The van der Waals surface area contributed by atoms with Crippen LogP contribution in [0.1, 0.15) is 12.8 Å². The van der Waals surface area contributed by atoms with Crippen LogP contribution in [0.5, 0.6) is 0 Å². The molecule has 1 heterocycles. The van der Waals surface area contributed by atoms with Crippen LogP contribution in [0.25, 0.3) is 0 Å². The SMILES string of the molecule is OCCOC1CCN(CCSc2ccccc2)CC1. The normalized spacial score (nSPS) is 17.7. The summed E-state index contributed by atoms with van der Waals surface area (Å²) >= 11 is 1.92. The average Bonchev–Trinajstić information content (AvgIpc) is 2.47. The molecule has 0 spiro atoms. The minimum atomic E-state index is 0.133. The number of ether oxygens (including phenoxy) is 1. The van der Waals surface area contributed by atoms with E-state index < -0.39 is 0 Å². The van der Waals surface area contributed by atoms with E-state index in [4.69, 9.17) is 9.84 Å². The van der Waals surface area contributed by atoms with Gasteiger partial charge in [-0.3, -0.25) is 0 Å². The van der Waals surface area contributed by atoms with E-state index in [1.54, 1.807) is 0 Å². The highest BCUT2D eigenvalue weighted by molar-refractivity contribution is 7.99. The van der Waals surface area contributed by atoms with Gasteiger partial charge in [0.05, 0.1) is 19.3 Å². The van der Waals surface area contributed by atoms with Crippen molar-refractivity contribution in [1.29, 1.82) is 0 Å². The summed E-state index contributed by atoms with van der Waals surface area (Å²) in [6.07, 6.45) is 2.54. The van der Waals surface area contributed by atoms with Crippen LogP contribution in [0.3, 0.4) is 0 Å². The average molecular weight is 281 g/mol. The topological polar surface area (TPSA) is 32.7 Å². The molecule has 2 rings (SSSR count). The first-order valence-electron chi connectivity index (χ1n) is 7.01. The maximum atomic E-state index is 8.74. The van der Waals surface area contributed by atoms with Crippen molar-refractivity contribution in [2.45, 2.75) is 23.8 Å². The lowest BCUT2D eigenvalue weighted by Crippen LogP contribution is -2.38. The van der Waals surface area contributed by atoms with Gasteiger partial charge in [-0.2, -0.15) is 0 Å². The Hall–Kier alpha value is -0.550. The van der Waals surface area contributed by atoms with Crippen LogP contribution in [0.15, 0.2) is 35.2 Å². The lowest BCUT2D eigenvalue weighted by atomic mass is 10.1. The fourth-order valence-electron chi connectivity index (χ4n) is 2.33. The molecule has 1 aliphatic heterocycles. The zero-order valence-electron chi connectivity index (χ0n) is 11.3. The summed E-state index contributed by atoms with van der Waals surface area (Å²) in [5, 5.41) is 8.74. The molecule has 0 unspecified atom stereocenters. The summed E-state index contributed by atoms with van der Waals surface area (Å²) in [4.78, 5) is 3.86. The van der Waals surface area contributed by atoms with E-state index in [1.807, 2.05) is 11.8 Å². The highest BCUT2D eigenvalue weighted by Crippen LogP contribution is 2.18. The quantitative estimate of drug-likeness (QED) is 0.777. The van der Waals surface area contributed by atoms with E-state index in [9.17, 15) is 0 Å². The Labute approximate surface area is 120 Å². The first-order valence-corrected chi connectivity index (χ1v) is 7.99. The van der Waals surface area contributed by atoms with Crippen molar-refractivity contribution in [3.8, 4) is 0 Å². The maximum Gasteiger partial charge on any atom is 0.0701 e. The van der Waals surface area contributed by atoms with Gasteiger partial charge in [-0.05, 0) is 25.0 Å². The molecule has 1 fully saturated rings. The van der Waals surface area contributed by atoms with Gasteiger partial charge in [-0.1, -0.05) is 18.2 Å². The monoisotopic (exact) mass is 281 g/mol. The second-order valence-corrected chi connectivity index (χ2v) is 5.97. The molecule has 0 bridgehead atoms. The molecular weight excluding hydrogens is 258 g/mol. The Morgan fingerprint density at radius 3 is 2.63 bits per heavy atom. The predicted octanol–water partition coefficient (Wildman–Crippen LogP) is 2.25. The minimum absolute atomic E-state index is 0.133. The van der Waals surface area contributed by atoms with Gasteiger partial charge >= 0.3 is 0 Å². The van der Waals surface area contributed by atoms with E-state index in [2.05, 4.69) is 35.2 Å². The molecule has 0 aliphatic carbocycles. The summed E-state index contributed by atoms with van der Waals surface area (Å²) in [5.41, 5.74) is 0. The largest absolute Gasteiger partial charge is 0.394 e. The standard InChI is InChI=1S/C15H23NO2S/c17-11-12-18-14-6-8-16(9-7-14)10-13-19-15-4-2-1-3-5-15/h1-5,14,17H,6-13H2. The zero-order valence-corrected chi connectivity index (χ0v) is 12.1. The fourth-order valence-corrected chi connectivity index (χ4v) is 3.26. The van der Waals surface area contributed by atoms with Crippen molar-refractivity contribution < 1.29 is 9.84 Å². The minimum Gasteiger partial charge on any atom is -0.394 e. The number of piperidine rings is 1. The van der Waals surface area contributed by atoms with Gasteiger partial charge in [0, 0.05) is 30.3 Å². The number of nitrogens with zero attached hydrogens (tertiary/aromatic N) is 1. The van der Waals surface area contributed by atoms with E-state index in [0.29, 0.717) is 12.7 Å². The number of hydrogen-bond acceptors (Lipinski definition) is 4. The highest BCUT2D eigenvalue weighted by atomic mass is 32.2. The number of likely N-dealkylation sites (tertiary alicyclic amines) is 1. The Kier molecular flexibility index (Phi) is 6.71. The van der Waals surface area contributed by atoms with Crippen LogP contribution in [0.2, 0.25) is 0 Å². The third kappa shape index (κ3) is 5.53. The molecule has 0 aromatic heterocycles. The van der Waals surface area contributed by atoms with Gasteiger partial charge in [-0.15, -0.1) is 11.8 Å². The van der Waals surface area contributed by atoms with Crippen LogP contribution < -0.4 is 0 Å². The molecule has 0 amide bonds. The molecule has 1 aromatic carbocycles. The number of rotatable bonds is 7. The summed E-state index contributed by atoms with van der Waals surface area (Å²) < 4.78 is 5.57. The third-order valence-corrected chi connectivity index (χ3v) is 4.39. The second-order valence-electron chi connectivity index (χ2n) is 4.80. The van der Waals surface area contributed by atoms with Gasteiger partial charge in [0.25, 0.3) is 0 Å². The van der Waals surface area contributed by atoms with Crippen LogP contribution in [-0.2, 0) is 4.74 Å². The Morgan fingerprint density at radius 2 is 1.95 bits per heavy atom. The number of aliphatic hydroxyl groups excluding tert-OH is 1. The summed E-state index contributed by atoms with van der Waals surface area (Å²) in [7, 11) is 0. The lowest BCUT2D eigenvalue weighted by molar-refractivity contribution is -0.00668. The van der Waals surface area contributed by atoms with Crippen molar-refractivity contribution in [3.63, 3.8) is 0 Å². The highest BCUT2D eigenvalue weighted by Gasteiger charge is 2.18. The van der Waals surface area contributed by atoms with Gasteiger partial charge in [0.2, 0.25) is 0 Å². The van der Waals surface area contributed by atoms with Crippen LogP contribution in [0, 0.1) is 0 Å². The fraction of sp³-hybridized carbons (Fsp3) is 0.600. The van der Waals surface area contributed by atoms with Gasteiger partial charge < -0.3 is 14.7 Å². The molecule has 1 aromatic rings. The van der Waals surface area contributed by atoms with Crippen LogP contribution >= 0.6 is 11.8 Å². The van der Waals surface area contributed by atoms with Gasteiger partial charge in [-0.25, -0.2) is 0 Å². The van der Waals surface area contributed by atoms with Crippen molar-refractivity contribution >= 4 is 11.8 Å². The molecule has 0 saturated carbocycles. The first-order chi connectivity index (χ1) is 9.38. The summed E-state index contributed by atoms with van der Waals surface area (Å²) in [6.45, 7) is 3.99. The third-order valence-electron chi connectivity index (χ3n) is 3.40. The summed E-state index contributed by atoms with van der Waals surface area (Å²) in [5.74, 6) is 1.15. The molecule has 4 heteroatoms. The van der Waals surface area contributed by atoms with Gasteiger partial charge in [0.15, 0.2) is 0 Å². The van der Waals surface area contributed by atoms with E-state index in [-0.39, 0.29) is 6.61 Å². The second kappa shape index (κ2) is 8.59. The predicted molar refractivity (Wildman–Crippen MR) is 79.7 cm³/mol.